The second-order valence-electron chi connectivity index (χ2n) is 3.03. The molecule has 0 aliphatic heterocycles. The standard InChI is InChI=1S/C8H6BF3NS.K/c1-5-13-7-3-2-6(9(10,11)12)4-8(7)14-5;/h2-4H,1H3;/q-1;+1. The van der Waals surface area contributed by atoms with Gasteiger partial charge in [-0.05, 0) is 13.0 Å². The summed E-state index contributed by atoms with van der Waals surface area (Å²) in [5.74, 6) is 0. The van der Waals surface area contributed by atoms with Gasteiger partial charge in [-0.1, -0.05) is 12.1 Å². The Kier molecular flexibility index (Phi) is 4.42. The molecule has 1 aromatic carbocycles. The van der Waals surface area contributed by atoms with Crippen LogP contribution in [0.3, 0.4) is 0 Å². The molecule has 15 heavy (non-hydrogen) atoms. The monoisotopic (exact) mass is 255 g/mol. The van der Waals surface area contributed by atoms with E-state index in [1.165, 1.54) is 23.5 Å². The summed E-state index contributed by atoms with van der Waals surface area (Å²) in [6.45, 7) is -3.12. The van der Waals surface area contributed by atoms with Crippen molar-refractivity contribution in [2.45, 2.75) is 6.92 Å². The van der Waals surface area contributed by atoms with E-state index in [0.29, 0.717) is 10.2 Å². The Balaban J connectivity index is 0.00000112. The van der Waals surface area contributed by atoms with E-state index in [9.17, 15) is 12.9 Å². The molecule has 0 unspecified atom stereocenters. The van der Waals surface area contributed by atoms with E-state index in [1.807, 2.05) is 0 Å². The van der Waals surface area contributed by atoms with Crippen LogP contribution in [0.1, 0.15) is 5.01 Å². The van der Waals surface area contributed by atoms with Crippen LogP contribution < -0.4 is 56.8 Å². The minimum atomic E-state index is -4.90. The predicted octanol–water partition coefficient (Wildman–Crippen LogP) is -0.337. The molecule has 0 aliphatic carbocycles. The minimum Gasteiger partial charge on any atom is -0.445 e. The van der Waals surface area contributed by atoms with E-state index in [4.69, 9.17) is 0 Å². The summed E-state index contributed by atoms with van der Waals surface area (Å²) in [4.78, 5) is 4.09. The number of halogens is 3. The van der Waals surface area contributed by atoms with Gasteiger partial charge >= 0.3 is 58.4 Å². The van der Waals surface area contributed by atoms with E-state index in [0.717, 1.165) is 11.1 Å². The van der Waals surface area contributed by atoms with E-state index in [1.54, 1.807) is 6.92 Å². The van der Waals surface area contributed by atoms with Crippen molar-refractivity contribution in [3.05, 3.63) is 23.2 Å². The minimum absolute atomic E-state index is 0. The zero-order valence-electron chi connectivity index (χ0n) is 8.30. The van der Waals surface area contributed by atoms with Gasteiger partial charge in [-0.3, -0.25) is 0 Å². The fourth-order valence-electron chi connectivity index (χ4n) is 1.26. The molecule has 7 heteroatoms. The molecule has 0 fully saturated rings. The Morgan fingerprint density at radius 1 is 1.27 bits per heavy atom. The Morgan fingerprint density at radius 3 is 2.53 bits per heavy atom. The molecule has 0 bridgehead atoms. The summed E-state index contributed by atoms with van der Waals surface area (Å²) < 4.78 is 37.7. The van der Waals surface area contributed by atoms with Crippen LogP contribution >= 0.6 is 11.3 Å². The van der Waals surface area contributed by atoms with Gasteiger partial charge in [0, 0.05) is 0 Å². The van der Waals surface area contributed by atoms with Crippen molar-refractivity contribution in [2.24, 2.45) is 0 Å². The third-order valence-electron chi connectivity index (χ3n) is 1.90. The molecule has 0 radical (unpaired) electrons. The average molecular weight is 255 g/mol. The summed E-state index contributed by atoms with van der Waals surface area (Å²) in [6, 6.07) is 3.67. The molecular weight excluding hydrogens is 249 g/mol. The maximum atomic E-state index is 12.4. The molecule has 0 amide bonds. The second-order valence-corrected chi connectivity index (χ2v) is 4.27. The summed E-state index contributed by atoms with van der Waals surface area (Å²) in [6.07, 6.45) is 0. The van der Waals surface area contributed by atoms with Crippen molar-refractivity contribution in [3.63, 3.8) is 0 Å². The number of hydrogen-bond donors (Lipinski definition) is 0. The van der Waals surface area contributed by atoms with Crippen molar-refractivity contribution < 1.29 is 64.3 Å². The molecule has 2 rings (SSSR count). The van der Waals surface area contributed by atoms with Gasteiger partial charge in [-0.25, -0.2) is 4.98 Å². The van der Waals surface area contributed by atoms with Crippen LogP contribution in [0.5, 0.6) is 0 Å². The maximum absolute atomic E-state index is 12.4. The van der Waals surface area contributed by atoms with Gasteiger partial charge in [0.1, 0.15) is 0 Å². The molecule has 1 heterocycles. The van der Waals surface area contributed by atoms with Crippen LogP contribution in [0.25, 0.3) is 10.2 Å². The van der Waals surface area contributed by atoms with Gasteiger partial charge < -0.3 is 12.9 Å². The molecule has 0 atom stereocenters. The fourth-order valence-corrected chi connectivity index (χ4v) is 2.14. The number of rotatable bonds is 1. The van der Waals surface area contributed by atoms with E-state index in [2.05, 4.69) is 4.98 Å². The molecule has 74 valence electrons. The third kappa shape index (κ3) is 3.04. The molecule has 0 saturated heterocycles. The van der Waals surface area contributed by atoms with Crippen LogP contribution in [0.4, 0.5) is 12.9 Å². The average Bonchev–Trinajstić information content (AvgIpc) is 2.41. The molecule has 1 aromatic heterocycles. The van der Waals surface area contributed by atoms with E-state index in [-0.39, 0.29) is 51.4 Å². The van der Waals surface area contributed by atoms with Crippen molar-refractivity contribution in [1.29, 1.82) is 0 Å². The van der Waals surface area contributed by atoms with E-state index < -0.39 is 12.4 Å². The van der Waals surface area contributed by atoms with Crippen LogP contribution in [0.15, 0.2) is 18.2 Å². The number of fused-ring (bicyclic) bond motifs is 1. The molecule has 0 aliphatic rings. The Morgan fingerprint density at radius 2 is 1.93 bits per heavy atom. The van der Waals surface area contributed by atoms with Crippen LogP contribution in [0.2, 0.25) is 0 Å². The first-order valence-corrected chi connectivity index (χ1v) is 4.85. The smallest absolute Gasteiger partial charge is 0.445 e. The van der Waals surface area contributed by atoms with Gasteiger partial charge in [-0.2, -0.15) is 0 Å². The molecule has 0 N–H and O–H groups in total. The summed E-state index contributed by atoms with van der Waals surface area (Å²) >= 11 is 1.28. The Labute approximate surface area is 132 Å². The van der Waals surface area contributed by atoms with E-state index >= 15 is 0 Å². The number of nitrogens with zero attached hydrogens (tertiary/aromatic N) is 1. The molecule has 1 nitrogen and oxygen atoms in total. The first-order chi connectivity index (χ1) is 6.47. The zero-order chi connectivity index (χ0) is 10.3. The van der Waals surface area contributed by atoms with Crippen LogP contribution in [-0.2, 0) is 0 Å². The maximum Gasteiger partial charge on any atom is 1.00 e. The van der Waals surface area contributed by atoms with Crippen molar-refractivity contribution in [2.75, 3.05) is 0 Å². The Hall–Kier alpha value is 0.601. The molecular formula is C8H6BF3KNS. The van der Waals surface area contributed by atoms with Gasteiger partial charge in [-0.15, -0.1) is 16.8 Å². The molecule has 0 spiro atoms. The summed E-state index contributed by atoms with van der Waals surface area (Å²) in [7, 11) is 0. The van der Waals surface area contributed by atoms with Crippen molar-refractivity contribution in [3.8, 4) is 0 Å². The fraction of sp³-hybridized carbons (Fsp3) is 0.125. The number of aryl methyl sites for hydroxylation is 1. The molecule has 2 aromatic rings. The first kappa shape index (κ1) is 13.7. The SMILES string of the molecule is Cc1nc2ccc([B-](F)(F)F)cc2s1.[K+]. The quantitative estimate of drug-likeness (QED) is 0.635. The third-order valence-corrected chi connectivity index (χ3v) is 2.83. The first-order valence-electron chi connectivity index (χ1n) is 4.04. The molecule has 0 saturated carbocycles. The van der Waals surface area contributed by atoms with Gasteiger partial charge in [0.2, 0.25) is 0 Å². The van der Waals surface area contributed by atoms with Crippen LogP contribution in [-0.4, -0.2) is 12.0 Å². The predicted molar refractivity (Wildman–Crippen MR) is 53.1 cm³/mol. The van der Waals surface area contributed by atoms with Crippen molar-refractivity contribution in [1.82, 2.24) is 4.98 Å². The summed E-state index contributed by atoms with van der Waals surface area (Å²) in [5, 5.41) is 0.784. The van der Waals surface area contributed by atoms with Crippen molar-refractivity contribution >= 4 is 34.0 Å². The largest absolute Gasteiger partial charge is 1.00 e. The summed E-state index contributed by atoms with van der Waals surface area (Å²) in [5.41, 5.74) is 0.0810. The Bertz CT molecular complexity index is 482. The number of thiazole rings is 1. The topological polar surface area (TPSA) is 12.9 Å². The number of aromatic nitrogens is 1. The number of benzene rings is 1. The van der Waals surface area contributed by atoms with Gasteiger partial charge in [0.25, 0.3) is 0 Å². The zero-order valence-corrected chi connectivity index (χ0v) is 12.2. The van der Waals surface area contributed by atoms with Gasteiger partial charge in [0.15, 0.2) is 0 Å². The normalized spacial score (nSPS) is 11.5. The number of hydrogen-bond acceptors (Lipinski definition) is 2. The van der Waals surface area contributed by atoms with Gasteiger partial charge in [0.05, 0.1) is 15.2 Å². The second kappa shape index (κ2) is 4.85. The van der Waals surface area contributed by atoms with Crippen LogP contribution in [0, 0.1) is 6.92 Å².